The number of rotatable bonds is 3. The van der Waals surface area contributed by atoms with Crippen molar-refractivity contribution >= 4 is 17.4 Å². The summed E-state index contributed by atoms with van der Waals surface area (Å²) >= 11 is 6.22. The summed E-state index contributed by atoms with van der Waals surface area (Å²) in [6, 6.07) is 5.53. The predicted molar refractivity (Wildman–Crippen MR) is 73.6 cm³/mol. The van der Waals surface area contributed by atoms with E-state index in [0.29, 0.717) is 22.9 Å². The highest BCUT2D eigenvalue weighted by Gasteiger charge is 2.13. The Morgan fingerprint density at radius 3 is 2.84 bits per heavy atom. The van der Waals surface area contributed by atoms with E-state index in [2.05, 4.69) is 5.10 Å². The highest BCUT2D eigenvalue weighted by molar-refractivity contribution is 6.32. The third kappa shape index (κ3) is 2.35. The van der Waals surface area contributed by atoms with Crippen molar-refractivity contribution in [2.24, 2.45) is 0 Å². The average molecular weight is 277 g/mol. The van der Waals surface area contributed by atoms with Gasteiger partial charge in [-0.3, -0.25) is 0 Å². The molecule has 1 aromatic carbocycles. The summed E-state index contributed by atoms with van der Waals surface area (Å²) in [6.07, 6.45) is 1.41. The molecule has 0 unspecified atom stereocenters. The Morgan fingerprint density at radius 2 is 2.26 bits per heavy atom. The van der Waals surface area contributed by atoms with Crippen LogP contribution in [0, 0.1) is 18.3 Å². The summed E-state index contributed by atoms with van der Waals surface area (Å²) in [4.78, 5) is 0. The fourth-order valence-electron chi connectivity index (χ4n) is 1.76. The van der Waals surface area contributed by atoms with Crippen LogP contribution in [0.25, 0.3) is 5.69 Å². The van der Waals surface area contributed by atoms with Gasteiger partial charge in [0, 0.05) is 6.07 Å². The van der Waals surface area contributed by atoms with E-state index < -0.39 is 0 Å². The molecule has 0 atom stereocenters. The van der Waals surface area contributed by atoms with E-state index in [1.165, 1.54) is 10.9 Å². The maximum Gasteiger partial charge on any atom is 0.145 e. The average Bonchev–Trinajstić information content (AvgIpc) is 2.75. The Labute approximate surface area is 116 Å². The van der Waals surface area contributed by atoms with E-state index in [0.717, 1.165) is 11.3 Å². The van der Waals surface area contributed by atoms with Gasteiger partial charge in [-0.25, -0.2) is 4.68 Å². The third-order valence-electron chi connectivity index (χ3n) is 2.70. The van der Waals surface area contributed by atoms with Crippen LogP contribution in [0.5, 0.6) is 5.75 Å². The molecule has 19 heavy (non-hydrogen) atoms. The lowest BCUT2D eigenvalue weighted by Crippen LogP contribution is -2.04. The van der Waals surface area contributed by atoms with E-state index in [1.54, 1.807) is 6.07 Å². The first kappa shape index (κ1) is 13.2. The maximum atomic E-state index is 8.88. The first-order valence-electron chi connectivity index (χ1n) is 5.75. The number of nitrogens with two attached hydrogens (primary N) is 1. The standard InChI is InChI=1S/C13H13ClN4O/c1-3-19-12-5-10(14)11(4-8(12)2)18-13(16)9(6-15)7-17-18/h4-5,7H,3,16H2,1-2H3. The van der Waals surface area contributed by atoms with Crippen LogP contribution in [0.3, 0.4) is 0 Å². The second-order valence-corrected chi connectivity index (χ2v) is 4.38. The Balaban J connectivity index is 2.54. The lowest BCUT2D eigenvalue weighted by molar-refractivity contribution is 0.338. The smallest absolute Gasteiger partial charge is 0.145 e. The lowest BCUT2D eigenvalue weighted by atomic mass is 10.2. The van der Waals surface area contributed by atoms with E-state index in [-0.39, 0.29) is 5.82 Å². The molecule has 0 saturated heterocycles. The molecule has 2 rings (SSSR count). The number of nitrogens with zero attached hydrogens (tertiary/aromatic N) is 3. The van der Waals surface area contributed by atoms with Gasteiger partial charge < -0.3 is 10.5 Å². The second-order valence-electron chi connectivity index (χ2n) is 3.97. The van der Waals surface area contributed by atoms with Gasteiger partial charge in [-0.2, -0.15) is 10.4 Å². The molecule has 1 aromatic heterocycles. The Morgan fingerprint density at radius 1 is 1.53 bits per heavy atom. The van der Waals surface area contributed by atoms with Crippen molar-refractivity contribution < 1.29 is 4.74 Å². The van der Waals surface area contributed by atoms with Crippen molar-refractivity contribution in [2.75, 3.05) is 12.3 Å². The Hall–Kier alpha value is -2.19. The molecular weight excluding hydrogens is 264 g/mol. The normalized spacial score (nSPS) is 10.2. The Bertz CT molecular complexity index is 657. The summed E-state index contributed by atoms with van der Waals surface area (Å²) in [7, 11) is 0. The van der Waals surface area contributed by atoms with Crippen LogP contribution >= 0.6 is 11.6 Å². The molecule has 0 aliphatic carbocycles. The molecule has 0 saturated carbocycles. The molecule has 0 radical (unpaired) electrons. The minimum atomic E-state index is 0.271. The molecule has 0 bridgehead atoms. The fourth-order valence-corrected chi connectivity index (χ4v) is 1.99. The SMILES string of the molecule is CCOc1cc(Cl)c(-n2ncc(C#N)c2N)cc1C. The molecular formula is C13H13ClN4O. The van der Waals surface area contributed by atoms with Crippen LogP contribution in [0.15, 0.2) is 18.3 Å². The molecule has 0 spiro atoms. The molecule has 0 aliphatic rings. The number of hydrogen-bond acceptors (Lipinski definition) is 4. The summed E-state index contributed by atoms with van der Waals surface area (Å²) < 4.78 is 6.92. The first-order chi connectivity index (χ1) is 9.08. The minimum absolute atomic E-state index is 0.271. The van der Waals surface area contributed by atoms with Gasteiger partial charge in [0.2, 0.25) is 0 Å². The molecule has 0 fully saturated rings. The number of benzene rings is 1. The fraction of sp³-hybridized carbons (Fsp3) is 0.231. The number of hydrogen-bond donors (Lipinski definition) is 1. The van der Waals surface area contributed by atoms with Gasteiger partial charge in [0.15, 0.2) is 0 Å². The summed E-state index contributed by atoms with van der Waals surface area (Å²) in [6.45, 7) is 4.39. The van der Waals surface area contributed by atoms with E-state index in [4.69, 9.17) is 27.3 Å². The van der Waals surface area contributed by atoms with Crippen LogP contribution in [0.2, 0.25) is 5.02 Å². The Kier molecular flexibility index (Phi) is 3.63. The van der Waals surface area contributed by atoms with Crippen LogP contribution in [0.1, 0.15) is 18.1 Å². The molecule has 6 heteroatoms. The summed E-state index contributed by atoms with van der Waals surface area (Å²) in [5.74, 6) is 0.996. The highest BCUT2D eigenvalue weighted by atomic mass is 35.5. The largest absolute Gasteiger partial charge is 0.494 e. The number of ether oxygens (including phenoxy) is 1. The zero-order valence-electron chi connectivity index (χ0n) is 10.6. The molecule has 2 N–H and O–H groups in total. The van der Waals surface area contributed by atoms with Crippen LogP contribution in [-0.4, -0.2) is 16.4 Å². The van der Waals surface area contributed by atoms with Gasteiger partial charge in [-0.05, 0) is 25.5 Å². The lowest BCUT2D eigenvalue weighted by Gasteiger charge is -2.12. The number of aryl methyl sites for hydroxylation is 1. The maximum absolute atomic E-state index is 8.88. The predicted octanol–water partition coefficient (Wildman–Crippen LogP) is 2.69. The van der Waals surface area contributed by atoms with Crippen molar-refractivity contribution in [1.29, 1.82) is 5.26 Å². The third-order valence-corrected chi connectivity index (χ3v) is 3.00. The number of nitriles is 1. The van der Waals surface area contributed by atoms with E-state index in [9.17, 15) is 0 Å². The van der Waals surface area contributed by atoms with Crippen molar-refractivity contribution in [1.82, 2.24) is 9.78 Å². The molecule has 5 nitrogen and oxygen atoms in total. The van der Waals surface area contributed by atoms with Crippen molar-refractivity contribution in [3.8, 4) is 17.5 Å². The topological polar surface area (TPSA) is 76.9 Å². The summed E-state index contributed by atoms with van der Waals surface area (Å²) in [5, 5.41) is 13.4. The zero-order chi connectivity index (χ0) is 14.0. The second kappa shape index (κ2) is 5.21. The monoisotopic (exact) mass is 276 g/mol. The molecule has 98 valence electrons. The zero-order valence-corrected chi connectivity index (χ0v) is 11.4. The molecule has 2 aromatic rings. The van der Waals surface area contributed by atoms with Gasteiger partial charge in [0.25, 0.3) is 0 Å². The van der Waals surface area contributed by atoms with Crippen molar-refractivity contribution in [3.05, 3.63) is 34.5 Å². The van der Waals surface area contributed by atoms with Crippen molar-refractivity contribution in [3.63, 3.8) is 0 Å². The number of halogens is 1. The van der Waals surface area contributed by atoms with Gasteiger partial charge in [-0.1, -0.05) is 11.6 Å². The number of anilines is 1. The molecule has 0 amide bonds. The van der Waals surface area contributed by atoms with E-state index >= 15 is 0 Å². The number of nitrogen functional groups attached to an aromatic ring is 1. The van der Waals surface area contributed by atoms with Crippen LogP contribution in [0.4, 0.5) is 5.82 Å². The highest BCUT2D eigenvalue weighted by Crippen LogP contribution is 2.30. The molecule has 1 heterocycles. The van der Waals surface area contributed by atoms with Gasteiger partial charge in [0.05, 0.1) is 23.5 Å². The van der Waals surface area contributed by atoms with Crippen LogP contribution in [-0.2, 0) is 0 Å². The first-order valence-corrected chi connectivity index (χ1v) is 6.13. The summed E-state index contributed by atoms with van der Waals surface area (Å²) in [5.41, 5.74) is 7.72. The van der Waals surface area contributed by atoms with Gasteiger partial charge in [0.1, 0.15) is 23.2 Å². The molecule has 0 aliphatic heterocycles. The number of aromatic nitrogens is 2. The van der Waals surface area contributed by atoms with Crippen LogP contribution < -0.4 is 10.5 Å². The van der Waals surface area contributed by atoms with E-state index in [1.807, 2.05) is 26.0 Å². The van der Waals surface area contributed by atoms with Gasteiger partial charge >= 0.3 is 0 Å². The quantitative estimate of drug-likeness (QED) is 0.935. The minimum Gasteiger partial charge on any atom is -0.494 e. The van der Waals surface area contributed by atoms with Gasteiger partial charge in [-0.15, -0.1) is 0 Å². The van der Waals surface area contributed by atoms with Crippen molar-refractivity contribution in [2.45, 2.75) is 13.8 Å².